The van der Waals surface area contributed by atoms with Gasteiger partial charge in [0.2, 0.25) is 0 Å². The smallest absolute Gasteiger partial charge is 0.269 e. The van der Waals surface area contributed by atoms with E-state index in [1.807, 2.05) is 38.1 Å². The summed E-state index contributed by atoms with van der Waals surface area (Å²) in [5, 5.41) is 15.3. The molecule has 6 nitrogen and oxygen atoms in total. The Balaban J connectivity index is 1.69. The average molecular weight is 409 g/mol. The van der Waals surface area contributed by atoms with Gasteiger partial charge < -0.3 is 5.32 Å². The Labute approximate surface area is 168 Å². The first-order valence-electron chi connectivity index (χ1n) is 8.46. The Morgan fingerprint density at radius 1 is 1.07 bits per heavy atom. The fourth-order valence-electron chi connectivity index (χ4n) is 2.86. The summed E-state index contributed by atoms with van der Waals surface area (Å²) in [7, 11) is 0. The molecule has 0 atom stereocenters. The van der Waals surface area contributed by atoms with E-state index < -0.39 is 4.92 Å². The molecule has 8 heteroatoms. The predicted molar refractivity (Wildman–Crippen MR) is 113 cm³/mol. The summed E-state index contributed by atoms with van der Waals surface area (Å²) in [6, 6.07) is 13.5. The number of thiazole rings is 1. The summed E-state index contributed by atoms with van der Waals surface area (Å²) in [6.45, 7) is 4.03. The van der Waals surface area contributed by atoms with Crippen LogP contribution in [-0.2, 0) is 0 Å². The molecule has 0 aliphatic rings. The Morgan fingerprint density at radius 2 is 1.79 bits per heavy atom. The molecule has 0 spiro atoms. The number of carbonyl (C=O) groups excluding carboxylic acids is 1. The number of rotatable bonds is 4. The Hall–Kier alpha value is -3.10. The van der Waals surface area contributed by atoms with Crippen LogP contribution in [-0.4, -0.2) is 15.8 Å². The van der Waals surface area contributed by atoms with Gasteiger partial charge in [-0.1, -0.05) is 12.1 Å². The highest BCUT2D eigenvalue weighted by molar-refractivity contribution is 7.22. The molecule has 0 aliphatic heterocycles. The second-order valence-corrected chi connectivity index (χ2v) is 8.49. The molecule has 0 unspecified atom stereocenters. The molecule has 1 N–H and O–H groups in total. The van der Waals surface area contributed by atoms with E-state index in [0.29, 0.717) is 5.56 Å². The van der Waals surface area contributed by atoms with Crippen LogP contribution in [0, 0.1) is 24.0 Å². The number of carbonyl (C=O) groups is 1. The SMILES string of the molecule is Cc1sc(NC(=O)c2ccc([N+](=O)[O-])cc2)c(-c2nc3ccccc3s2)c1C. The third kappa shape index (κ3) is 3.28. The zero-order chi connectivity index (χ0) is 19.8. The van der Waals surface area contributed by atoms with Gasteiger partial charge in [-0.3, -0.25) is 14.9 Å². The molecule has 2 aromatic heterocycles. The zero-order valence-electron chi connectivity index (χ0n) is 15.1. The Kier molecular flexibility index (Phi) is 4.66. The first-order chi connectivity index (χ1) is 13.4. The van der Waals surface area contributed by atoms with Gasteiger partial charge in [0, 0.05) is 28.1 Å². The van der Waals surface area contributed by atoms with Crippen molar-refractivity contribution in [1.29, 1.82) is 0 Å². The molecule has 28 heavy (non-hydrogen) atoms. The van der Waals surface area contributed by atoms with Gasteiger partial charge in [0.25, 0.3) is 11.6 Å². The van der Waals surface area contributed by atoms with Crippen LogP contribution in [0.2, 0.25) is 0 Å². The third-order valence-corrected chi connectivity index (χ3v) is 6.64. The number of para-hydroxylation sites is 1. The van der Waals surface area contributed by atoms with Crippen LogP contribution in [0.3, 0.4) is 0 Å². The van der Waals surface area contributed by atoms with Gasteiger partial charge in [-0.15, -0.1) is 22.7 Å². The van der Waals surface area contributed by atoms with Crippen LogP contribution < -0.4 is 5.32 Å². The summed E-state index contributed by atoms with van der Waals surface area (Å²) in [4.78, 5) is 28.8. The van der Waals surface area contributed by atoms with Gasteiger partial charge in [0.05, 0.1) is 15.1 Å². The van der Waals surface area contributed by atoms with E-state index in [1.54, 1.807) is 11.3 Å². The van der Waals surface area contributed by atoms with Gasteiger partial charge in [0.1, 0.15) is 10.0 Å². The number of aromatic nitrogens is 1. The number of amides is 1. The molecule has 0 saturated carbocycles. The molecule has 2 aromatic carbocycles. The number of non-ortho nitro benzene ring substituents is 1. The second kappa shape index (κ2) is 7.14. The molecule has 0 fully saturated rings. The van der Waals surface area contributed by atoms with Crippen LogP contribution in [0.4, 0.5) is 10.7 Å². The topological polar surface area (TPSA) is 85.1 Å². The van der Waals surface area contributed by atoms with Gasteiger partial charge in [0.15, 0.2) is 0 Å². The first kappa shape index (κ1) is 18.3. The predicted octanol–water partition coefficient (Wildman–Crippen LogP) is 5.80. The lowest BCUT2D eigenvalue weighted by atomic mass is 10.1. The maximum Gasteiger partial charge on any atom is 0.269 e. The van der Waals surface area contributed by atoms with Crippen molar-refractivity contribution < 1.29 is 9.72 Å². The lowest BCUT2D eigenvalue weighted by Crippen LogP contribution is -2.11. The minimum atomic E-state index is -0.487. The van der Waals surface area contributed by atoms with Crippen LogP contribution in [0.1, 0.15) is 20.8 Å². The van der Waals surface area contributed by atoms with Crippen LogP contribution in [0.25, 0.3) is 20.8 Å². The second-order valence-electron chi connectivity index (χ2n) is 6.23. The summed E-state index contributed by atoms with van der Waals surface area (Å²) < 4.78 is 1.09. The molecule has 0 aliphatic carbocycles. The molecule has 0 saturated heterocycles. The number of aryl methyl sites for hydroxylation is 1. The van der Waals surface area contributed by atoms with Crippen molar-refractivity contribution >= 4 is 49.5 Å². The van der Waals surface area contributed by atoms with Crippen LogP contribution in [0.5, 0.6) is 0 Å². The number of benzene rings is 2. The highest BCUT2D eigenvalue weighted by Gasteiger charge is 2.20. The maximum atomic E-state index is 12.7. The summed E-state index contributed by atoms with van der Waals surface area (Å²) in [5.74, 6) is -0.307. The normalized spacial score (nSPS) is 10.9. The van der Waals surface area contributed by atoms with Crippen molar-refractivity contribution in [2.45, 2.75) is 13.8 Å². The van der Waals surface area contributed by atoms with Crippen molar-refractivity contribution in [3.63, 3.8) is 0 Å². The van der Waals surface area contributed by atoms with Gasteiger partial charge in [-0.25, -0.2) is 4.98 Å². The Bertz CT molecular complexity index is 1180. The number of hydrogen-bond donors (Lipinski definition) is 1. The summed E-state index contributed by atoms with van der Waals surface area (Å²) in [5.41, 5.74) is 3.26. The quantitative estimate of drug-likeness (QED) is 0.341. The maximum absolute atomic E-state index is 12.7. The first-order valence-corrected chi connectivity index (χ1v) is 10.1. The number of nitro benzene ring substituents is 1. The minimum absolute atomic E-state index is 0.0467. The zero-order valence-corrected chi connectivity index (χ0v) is 16.7. The molecule has 0 bridgehead atoms. The van der Waals surface area contributed by atoms with E-state index in [4.69, 9.17) is 4.98 Å². The van der Waals surface area contributed by atoms with Crippen molar-refractivity contribution in [3.05, 3.63) is 74.6 Å². The molecule has 1 amide bonds. The molecule has 4 rings (SSSR count). The standard InChI is InChI=1S/C20H15N3O3S2/c1-11-12(2)27-20(17(11)19-21-15-5-3-4-6-16(15)28-19)22-18(24)13-7-9-14(10-8-13)23(25)26/h3-10H,1-2H3,(H,22,24). The van der Waals surface area contributed by atoms with E-state index in [1.165, 1.54) is 35.6 Å². The number of hydrogen-bond acceptors (Lipinski definition) is 6. The van der Waals surface area contributed by atoms with E-state index in [0.717, 1.165) is 36.2 Å². The van der Waals surface area contributed by atoms with Crippen LogP contribution >= 0.6 is 22.7 Å². The molecule has 4 aromatic rings. The fourth-order valence-corrected chi connectivity index (χ4v) is 5.06. The highest BCUT2D eigenvalue weighted by atomic mass is 32.1. The van der Waals surface area contributed by atoms with Crippen LogP contribution in [0.15, 0.2) is 48.5 Å². The number of nitrogens with zero attached hydrogens (tertiary/aromatic N) is 2. The van der Waals surface area contributed by atoms with Crippen molar-refractivity contribution in [2.24, 2.45) is 0 Å². The van der Waals surface area contributed by atoms with Crippen molar-refractivity contribution in [1.82, 2.24) is 4.98 Å². The van der Waals surface area contributed by atoms with E-state index in [9.17, 15) is 14.9 Å². The van der Waals surface area contributed by atoms with Gasteiger partial charge >= 0.3 is 0 Å². The van der Waals surface area contributed by atoms with E-state index in [2.05, 4.69) is 5.32 Å². The molecule has 140 valence electrons. The number of anilines is 1. The average Bonchev–Trinajstić information content (AvgIpc) is 3.22. The molecule has 0 radical (unpaired) electrons. The number of fused-ring (bicyclic) bond motifs is 1. The van der Waals surface area contributed by atoms with Gasteiger partial charge in [-0.05, 0) is 43.7 Å². The highest BCUT2D eigenvalue weighted by Crippen LogP contribution is 2.43. The number of thiophene rings is 1. The van der Waals surface area contributed by atoms with Crippen molar-refractivity contribution in [3.8, 4) is 10.6 Å². The molecular weight excluding hydrogens is 394 g/mol. The lowest BCUT2D eigenvalue weighted by Gasteiger charge is -2.06. The number of nitro groups is 1. The van der Waals surface area contributed by atoms with Crippen molar-refractivity contribution in [2.75, 3.05) is 5.32 Å². The monoisotopic (exact) mass is 409 g/mol. The fraction of sp³-hybridized carbons (Fsp3) is 0.100. The summed E-state index contributed by atoms with van der Waals surface area (Å²) in [6.07, 6.45) is 0. The molecule has 2 heterocycles. The number of nitrogens with one attached hydrogen (secondary N) is 1. The lowest BCUT2D eigenvalue weighted by molar-refractivity contribution is -0.384. The molecular formula is C20H15N3O3S2. The third-order valence-electron chi connectivity index (χ3n) is 4.46. The van der Waals surface area contributed by atoms with Gasteiger partial charge in [-0.2, -0.15) is 0 Å². The minimum Gasteiger partial charge on any atom is -0.313 e. The Morgan fingerprint density at radius 3 is 2.46 bits per heavy atom. The summed E-state index contributed by atoms with van der Waals surface area (Å²) >= 11 is 3.09. The van der Waals surface area contributed by atoms with E-state index in [-0.39, 0.29) is 11.6 Å². The van der Waals surface area contributed by atoms with E-state index >= 15 is 0 Å². The largest absolute Gasteiger partial charge is 0.313 e.